The monoisotopic (exact) mass is 248 g/mol. The summed E-state index contributed by atoms with van der Waals surface area (Å²) in [5.74, 6) is 0.827. The lowest BCUT2D eigenvalue weighted by atomic mass is 9.81. The minimum atomic E-state index is 0.230. The summed E-state index contributed by atoms with van der Waals surface area (Å²) in [6.45, 7) is 5.65. The first-order valence-electron chi connectivity index (χ1n) is 6.69. The van der Waals surface area contributed by atoms with Gasteiger partial charge in [0.1, 0.15) is 0 Å². The number of nitrogens with zero attached hydrogens (tertiary/aromatic N) is 3. The predicted molar refractivity (Wildman–Crippen MR) is 69.6 cm³/mol. The second kappa shape index (κ2) is 5.20. The van der Waals surface area contributed by atoms with Crippen LogP contribution in [0, 0.1) is 5.41 Å². The van der Waals surface area contributed by atoms with Crippen molar-refractivity contribution in [3.05, 3.63) is 18.5 Å². The highest BCUT2D eigenvalue weighted by Gasteiger charge is 2.36. The van der Waals surface area contributed by atoms with Crippen LogP contribution in [0.1, 0.15) is 12.8 Å². The van der Waals surface area contributed by atoms with Gasteiger partial charge in [0.05, 0.1) is 13.2 Å². The highest BCUT2D eigenvalue weighted by Crippen LogP contribution is 2.30. The van der Waals surface area contributed by atoms with Gasteiger partial charge in [0.15, 0.2) is 0 Å². The molecule has 2 aliphatic heterocycles. The Hall–Kier alpha value is -1.20. The van der Waals surface area contributed by atoms with Crippen LogP contribution in [0.4, 0.5) is 5.95 Å². The van der Waals surface area contributed by atoms with E-state index in [2.05, 4.69) is 20.2 Å². The van der Waals surface area contributed by atoms with Crippen LogP contribution in [0.2, 0.25) is 0 Å². The Labute approximate surface area is 108 Å². The largest absolute Gasteiger partial charge is 0.379 e. The number of nitrogens with one attached hydrogen (secondary N) is 1. The number of piperidine rings is 1. The minimum Gasteiger partial charge on any atom is -0.379 e. The quantitative estimate of drug-likeness (QED) is 0.792. The number of hydrogen-bond acceptors (Lipinski definition) is 5. The van der Waals surface area contributed by atoms with Gasteiger partial charge >= 0.3 is 0 Å². The first-order chi connectivity index (χ1) is 8.88. The van der Waals surface area contributed by atoms with Crippen molar-refractivity contribution in [3.8, 4) is 0 Å². The first-order valence-corrected chi connectivity index (χ1v) is 6.69. The van der Waals surface area contributed by atoms with E-state index in [4.69, 9.17) is 4.74 Å². The fourth-order valence-electron chi connectivity index (χ4n) is 2.91. The topological polar surface area (TPSA) is 50.3 Å². The van der Waals surface area contributed by atoms with Crippen molar-refractivity contribution < 1.29 is 4.74 Å². The van der Waals surface area contributed by atoms with E-state index in [-0.39, 0.29) is 5.41 Å². The first kappa shape index (κ1) is 11.9. The molecule has 0 aromatic carbocycles. The van der Waals surface area contributed by atoms with Crippen molar-refractivity contribution in [3.63, 3.8) is 0 Å². The molecule has 1 aromatic heterocycles. The lowest BCUT2D eigenvalue weighted by Crippen LogP contribution is -2.49. The smallest absolute Gasteiger partial charge is 0.225 e. The molecule has 1 unspecified atom stereocenters. The Morgan fingerprint density at radius 3 is 3.00 bits per heavy atom. The van der Waals surface area contributed by atoms with E-state index in [9.17, 15) is 0 Å². The molecule has 0 radical (unpaired) electrons. The van der Waals surface area contributed by atoms with E-state index in [1.807, 2.05) is 6.07 Å². The Morgan fingerprint density at radius 2 is 2.22 bits per heavy atom. The molecular formula is C13H20N4O. The maximum atomic E-state index is 5.80. The second-order valence-corrected chi connectivity index (χ2v) is 5.30. The molecule has 1 atom stereocenters. The van der Waals surface area contributed by atoms with Crippen molar-refractivity contribution >= 4 is 5.95 Å². The molecule has 0 saturated carbocycles. The molecule has 1 N–H and O–H groups in total. The van der Waals surface area contributed by atoms with E-state index in [0.29, 0.717) is 0 Å². The van der Waals surface area contributed by atoms with Crippen molar-refractivity contribution in [2.24, 2.45) is 5.41 Å². The highest BCUT2D eigenvalue weighted by molar-refractivity contribution is 5.29. The van der Waals surface area contributed by atoms with Gasteiger partial charge in [-0.15, -0.1) is 0 Å². The Morgan fingerprint density at radius 1 is 1.33 bits per heavy atom. The van der Waals surface area contributed by atoms with Gasteiger partial charge in [-0.3, -0.25) is 0 Å². The van der Waals surface area contributed by atoms with Gasteiger partial charge in [-0.2, -0.15) is 0 Å². The molecule has 2 fully saturated rings. The molecule has 98 valence electrons. The maximum absolute atomic E-state index is 5.80. The van der Waals surface area contributed by atoms with E-state index < -0.39 is 0 Å². The van der Waals surface area contributed by atoms with Crippen LogP contribution < -0.4 is 10.2 Å². The summed E-state index contributed by atoms with van der Waals surface area (Å²) in [7, 11) is 0. The van der Waals surface area contributed by atoms with Gasteiger partial charge < -0.3 is 15.0 Å². The van der Waals surface area contributed by atoms with Crippen LogP contribution >= 0.6 is 0 Å². The fraction of sp³-hybridized carbons (Fsp3) is 0.692. The van der Waals surface area contributed by atoms with Crippen molar-refractivity contribution in [2.45, 2.75) is 12.8 Å². The summed E-state index contributed by atoms with van der Waals surface area (Å²) in [6, 6.07) is 1.86. The second-order valence-electron chi connectivity index (χ2n) is 5.30. The number of ether oxygens (including phenoxy) is 1. The Bertz CT molecular complexity index is 378. The highest BCUT2D eigenvalue weighted by atomic mass is 16.5. The van der Waals surface area contributed by atoms with Gasteiger partial charge in [-0.05, 0) is 25.5 Å². The van der Waals surface area contributed by atoms with E-state index in [0.717, 1.165) is 45.3 Å². The summed E-state index contributed by atoms with van der Waals surface area (Å²) in [5, 5.41) is 3.50. The van der Waals surface area contributed by atoms with E-state index in [1.54, 1.807) is 12.4 Å². The number of rotatable bonds is 1. The molecular weight excluding hydrogens is 228 g/mol. The average Bonchev–Trinajstić information content (AvgIpc) is 2.64. The Kier molecular flexibility index (Phi) is 3.43. The summed E-state index contributed by atoms with van der Waals surface area (Å²) in [4.78, 5) is 11.0. The van der Waals surface area contributed by atoms with Crippen LogP contribution in [0.15, 0.2) is 18.5 Å². The van der Waals surface area contributed by atoms with E-state index >= 15 is 0 Å². The Balaban J connectivity index is 1.78. The average molecular weight is 248 g/mol. The van der Waals surface area contributed by atoms with Gasteiger partial charge in [0.25, 0.3) is 0 Å². The lowest BCUT2D eigenvalue weighted by Gasteiger charge is -2.38. The third-order valence-electron chi connectivity index (χ3n) is 3.84. The number of aromatic nitrogens is 2. The van der Waals surface area contributed by atoms with E-state index in [1.165, 1.54) is 12.8 Å². The van der Waals surface area contributed by atoms with Crippen molar-refractivity contribution in [1.29, 1.82) is 0 Å². The normalized spacial score (nSPS) is 29.2. The standard InChI is InChI=1S/C13H20N4O/c1-3-13(9-14-4-1)10-17(7-8-18-11-13)12-15-5-2-6-16-12/h2,5-6,14H,1,3-4,7-11H2. The fourth-order valence-corrected chi connectivity index (χ4v) is 2.91. The third kappa shape index (κ3) is 2.47. The molecule has 18 heavy (non-hydrogen) atoms. The van der Waals surface area contributed by atoms with Crippen LogP contribution in [-0.2, 0) is 4.74 Å². The molecule has 1 spiro atoms. The van der Waals surface area contributed by atoms with Crippen LogP contribution in [0.3, 0.4) is 0 Å². The lowest BCUT2D eigenvalue weighted by molar-refractivity contribution is 0.0536. The summed E-state index contributed by atoms with van der Waals surface area (Å²) in [5.41, 5.74) is 0.230. The molecule has 0 aliphatic carbocycles. The van der Waals surface area contributed by atoms with Crippen molar-refractivity contribution in [2.75, 3.05) is 44.3 Å². The molecule has 3 rings (SSSR count). The molecule has 2 aliphatic rings. The van der Waals surface area contributed by atoms with Crippen LogP contribution in [-0.4, -0.2) is 49.4 Å². The maximum Gasteiger partial charge on any atom is 0.225 e. The van der Waals surface area contributed by atoms with Gasteiger partial charge in [0, 0.05) is 37.4 Å². The zero-order valence-corrected chi connectivity index (χ0v) is 10.6. The predicted octanol–water partition coefficient (Wildman–Crippen LogP) is 0.683. The molecule has 0 amide bonds. The SMILES string of the molecule is c1cnc(N2CCOCC3(CCCNC3)C2)nc1. The van der Waals surface area contributed by atoms with Crippen LogP contribution in [0.5, 0.6) is 0 Å². The summed E-state index contributed by atoms with van der Waals surface area (Å²) >= 11 is 0. The van der Waals surface area contributed by atoms with Gasteiger partial charge in [-0.1, -0.05) is 0 Å². The summed E-state index contributed by atoms with van der Waals surface area (Å²) < 4.78 is 5.80. The number of anilines is 1. The molecule has 0 bridgehead atoms. The summed E-state index contributed by atoms with van der Waals surface area (Å²) in [6.07, 6.45) is 6.07. The van der Waals surface area contributed by atoms with Gasteiger partial charge in [-0.25, -0.2) is 9.97 Å². The zero-order valence-electron chi connectivity index (χ0n) is 10.6. The molecule has 2 saturated heterocycles. The minimum absolute atomic E-state index is 0.230. The van der Waals surface area contributed by atoms with Crippen LogP contribution in [0.25, 0.3) is 0 Å². The number of hydrogen-bond donors (Lipinski definition) is 1. The van der Waals surface area contributed by atoms with Crippen molar-refractivity contribution in [1.82, 2.24) is 15.3 Å². The molecule has 5 heteroatoms. The van der Waals surface area contributed by atoms with Gasteiger partial charge in [0.2, 0.25) is 5.95 Å². The zero-order chi connectivity index (χ0) is 12.3. The molecule has 3 heterocycles. The third-order valence-corrected chi connectivity index (χ3v) is 3.84. The molecule has 5 nitrogen and oxygen atoms in total. The molecule has 1 aromatic rings.